The van der Waals surface area contributed by atoms with E-state index in [4.69, 9.17) is 16.3 Å². The molecule has 0 saturated heterocycles. The van der Waals surface area contributed by atoms with E-state index in [0.717, 1.165) is 5.56 Å². The zero-order valence-corrected chi connectivity index (χ0v) is 16.0. The third kappa shape index (κ3) is 5.11. The molecule has 2 amide bonds. The van der Waals surface area contributed by atoms with E-state index in [9.17, 15) is 9.59 Å². The minimum absolute atomic E-state index is 0.161. The largest absolute Gasteiger partial charge is 0.497 e. The van der Waals surface area contributed by atoms with Crippen LogP contribution < -0.4 is 15.4 Å². The molecule has 6 heteroatoms. The van der Waals surface area contributed by atoms with Crippen LogP contribution in [0.3, 0.4) is 0 Å². The predicted octanol–water partition coefficient (Wildman–Crippen LogP) is 4.78. The van der Waals surface area contributed by atoms with Crippen molar-refractivity contribution in [1.29, 1.82) is 0 Å². The number of methoxy groups -OCH3 is 1. The first-order valence-corrected chi connectivity index (χ1v) is 9.01. The van der Waals surface area contributed by atoms with Crippen molar-refractivity contribution in [2.24, 2.45) is 0 Å². The Bertz CT molecular complexity index is 990. The Morgan fingerprint density at radius 1 is 0.929 bits per heavy atom. The predicted molar refractivity (Wildman–Crippen MR) is 111 cm³/mol. The number of anilines is 2. The number of benzene rings is 3. The maximum absolute atomic E-state index is 12.4. The molecule has 28 heavy (non-hydrogen) atoms. The number of amides is 2. The smallest absolute Gasteiger partial charge is 0.255 e. The number of halogens is 1. The first kappa shape index (κ1) is 19.5. The van der Waals surface area contributed by atoms with Crippen LogP contribution in [0.15, 0.2) is 72.8 Å². The van der Waals surface area contributed by atoms with E-state index in [-0.39, 0.29) is 18.2 Å². The number of carbonyl (C=O) groups excluding carboxylic acids is 2. The van der Waals surface area contributed by atoms with Crippen LogP contribution in [0.4, 0.5) is 11.4 Å². The van der Waals surface area contributed by atoms with Gasteiger partial charge in [-0.15, -0.1) is 0 Å². The Labute approximate surface area is 168 Å². The molecule has 0 aliphatic rings. The van der Waals surface area contributed by atoms with Crippen molar-refractivity contribution >= 4 is 34.8 Å². The van der Waals surface area contributed by atoms with Gasteiger partial charge in [0, 0.05) is 11.3 Å². The summed E-state index contributed by atoms with van der Waals surface area (Å²) in [6, 6.07) is 21.2. The lowest BCUT2D eigenvalue weighted by atomic mass is 10.1. The summed E-state index contributed by atoms with van der Waals surface area (Å²) in [6.45, 7) is 0. The Morgan fingerprint density at radius 2 is 1.71 bits per heavy atom. The Balaban J connectivity index is 1.70. The highest BCUT2D eigenvalue weighted by Gasteiger charge is 2.12. The second-order valence-corrected chi connectivity index (χ2v) is 6.50. The molecular formula is C22H19ClN2O3. The van der Waals surface area contributed by atoms with Crippen LogP contribution in [-0.2, 0) is 11.2 Å². The van der Waals surface area contributed by atoms with Crippen molar-refractivity contribution in [2.75, 3.05) is 17.7 Å². The molecule has 0 aliphatic heterocycles. The lowest BCUT2D eigenvalue weighted by Crippen LogP contribution is -2.16. The third-order valence-electron chi connectivity index (χ3n) is 4.03. The first-order chi connectivity index (χ1) is 13.5. The molecule has 3 aromatic rings. The summed E-state index contributed by atoms with van der Waals surface area (Å²) < 4.78 is 5.17. The average molecular weight is 395 g/mol. The van der Waals surface area contributed by atoms with Gasteiger partial charge in [0.1, 0.15) is 5.75 Å². The Morgan fingerprint density at radius 3 is 2.46 bits per heavy atom. The highest BCUT2D eigenvalue weighted by Crippen LogP contribution is 2.24. The number of hydrogen-bond donors (Lipinski definition) is 2. The molecule has 0 saturated carbocycles. The van der Waals surface area contributed by atoms with Gasteiger partial charge >= 0.3 is 0 Å². The van der Waals surface area contributed by atoms with Gasteiger partial charge in [-0.25, -0.2) is 0 Å². The lowest BCUT2D eigenvalue weighted by Gasteiger charge is -2.11. The topological polar surface area (TPSA) is 67.4 Å². The van der Waals surface area contributed by atoms with Crippen LogP contribution in [0.2, 0.25) is 5.02 Å². The maximum atomic E-state index is 12.4. The molecular weight excluding hydrogens is 376 g/mol. The molecule has 0 heterocycles. The molecule has 3 rings (SSSR count). The second kappa shape index (κ2) is 9.06. The molecule has 0 spiro atoms. The normalized spacial score (nSPS) is 10.2. The summed E-state index contributed by atoms with van der Waals surface area (Å²) in [5.74, 6) is 0.157. The van der Waals surface area contributed by atoms with Gasteiger partial charge in [0.05, 0.1) is 24.2 Å². The highest BCUT2D eigenvalue weighted by atomic mass is 35.5. The maximum Gasteiger partial charge on any atom is 0.255 e. The third-order valence-corrected chi connectivity index (χ3v) is 4.36. The Kier molecular flexibility index (Phi) is 6.29. The quantitative estimate of drug-likeness (QED) is 0.632. The summed E-state index contributed by atoms with van der Waals surface area (Å²) in [7, 11) is 1.57. The number of para-hydroxylation sites is 1. The molecule has 3 aromatic carbocycles. The molecule has 0 radical (unpaired) electrons. The molecule has 0 fully saturated rings. The highest BCUT2D eigenvalue weighted by molar-refractivity contribution is 6.34. The van der Waals surface area contributed by atoms with E-state index in [2.05, 4.69) is 10.6 Å². The van der Waals surface area contributed by atoms with Crippen LogP contribution >= 0.6 is 11.6 Å². The first-order valence-electron chi connectivity index (χ1n) is 8.64. The summed E-state index contributed by atoms with van der Waals surface area (Å²) >= 11 is 6.19. The van der Waals surface area contributed by atoms with Crippen LogP contribution in [-0.4, -0.2) is 18.9 Å². The van der Waals surface area contributed by atoms with Gasteiger partial charge in [-0.2, -0.15) is 0 Å². The van der Waals surface area contributed by atoms with E-state index in [1.54, 1.807) is 43.5 Å². The number of hydrogen-bond acceptors (Lipinski definition) is 3. The minimum atomic E-state index is -0.286. The van der Waals surface area contributed by atoms with E-state index in [0.29, 0.717) is 27.7 Å². The number of nitrogens with one attached hydrogen (secondary N) is 2. The summed E-state index contributed by atoms with van der Waals surface area (Å²) in [4.78, 5) is 24.8. The average Bonchev–Trinajstić information content (AvgIpc) is 2.70. The summed E-state index contributed by atoms with van der Waals surface area (Å²) in [6.07, 6.45) is 0.161. The van der Waals surface area contributed by atoms with Crippen LogP contribution in [0, 0.1) is 0 Å². The van der Waals surface area contributed by atoms with E-state index >= 15 is 0 Å². The van der Waals surface area contributed by atoms with Crippen molar-refractivity contribution in [1.82, 2.24) is 0 Å². The van der Waals surface area contributed by atoms with Gasteiger partial charge < -0.3 is 15.4 Å². The van der Waals surface area contributed by atoms with Gasteiger partial charge in [0.15, 0.2) is 0 Å². The van der Waals surface area contributed by atoms with Crippen LogP contribution in [0.5, 0.6) is 5.75 Å². The number of carbonyl (C=O) groups is 2. The van der Waals surface area contributed by atoms with Gasteiger partial charge in [-0.1, -0.05) is 41.9 Å². The molecule has 5 nitrogen and oxygen atoms in total. The molecule has 2 N–H and O–H groups in total. The van der Waals surface area contributed by atoms with Crippen molar-refractivity contribution in [2.45, 2.75) is 6.42 Å². The molecule has 142 valence electrons. The fraction of sp³-hybridized carbons (Fsp3) is 0.0909. The minimum Gasteiger partial charge on any atom is -0.497 e. The Hall–Kier alpha value is -3.31. The number of ether oxygens (including phenoxy) is 1. The van der Waals surface area contributed by atoms with Gasteiger partial charge in [0.25, 0.3) is 5.91 Å². The van der Waals surface area contributed by atoms with Crippen molar-refractivity contribution in [3.05, 3.63) is 88.9 Å². The fourth-order valence-corrected chi connectivity index (χ4v) is 2.81. The van der Waals surface area contributed by atoms with E-state index in [1.165, 1.54) is 0 Å². The summed E-state index contributed by atoms with van der Waals surface area (Å²) in [5, 5.41) is 5.92. The van der Waals surface area contributed by atoms with Crippen LogP contribution in [0.1, 0.15) is 15.9 Å². The van der Waals surface area contributed by atoms with E-state index < -0.39 is 0 Å². The lowest BCUT2D eigenvalue weighted by molar-refractivity contribution is -0.115. The molecule has 0 atom stereocenters. The zero-order valence-electron chi connectivity index (χ0n) is 15.2. The molecule has 0 aliphatic carbocycles. The van der Waals surface area contributed by atoms with Crippen molar-refractivity contribution in [3.8, 4) is 5.75 Å². The molecule has 0 aromatic heterocycles. The SMILES string of the molecule is COc1cccc(CC(=O)Nc2cc(C(=O)Nc3ccccc3)ccc2Cl)c1. The zero-order chi connectivity index (χ0) is 19.9. The van der Waals surface area contributed by atoms with E-state index in [1.807, 2.05) is 36.4 Å². The molecule has 0 bridgehead atoms. The molecule has 0 unspecified atom stereocenters. The second-order valence-electron chi connectivity index (χ2n) is 6.09. The van der Waals surface area contributed by atoms with Crippen LogP contribution in [0.25, 0.3) is 0 Å². The summed E-state index contributed by atoms with van der Waals surface area (Å²) in [5.41, 5.74) is 2.28. The van der Waals surface area contributed by atoms with Crippen molar-refractivity contribution in [3.63, 3.8) is 0 Å². The van der Waals surface area contributed by atoms with Gasteiger partial charge in [0.2, 0.25) is 5.91 Å². The van der Waals surface area contributed by atoms with Gasteiger partial charge in [-0.05, 0) is 48.0 Å². The van der Waals surface area contributed by atoms with Gasteiger partial charge in [-0.3, -0.25) is 9.59 Å². The standard InChI is InChI=1S/C22H19ClN2O3/c1-28-18-9-5-6-15(12-18)13-21(26)25-20-14-16(10-11-19(20)23)22(27)24-17-7-3-2-4-8-17/h2-12,14H,13H2,1H3,(H,24,27)(H,25,26). The number of rotatable bonds is 6. The fourth-order valence-electron chi connectivity index (χ4n) is 2.65. The van der Waals surface area contributed by atoms with Crippen molar-refractivity contribution < 1.29 is 14.3 Å². The monoisotopic (exact) mass is 394 g/mol.